The fraction of sp³-hybridized carbons (Fsp3) is 0.367. The number of hydrogen-bond donors (Lipinski definition) is 1. The van der Waals surface area contributed by atoms with E-state index >= 15 is 0 Å². The summed E-state index contributed by atoms with van der Waals surface area (Å²) in [6.45, 7) is 5.10. The van der Waals surface area contributed by atoms with Crippen LogP contribution in [0.25, 0.3) is 5.00 Å². The molecule has 3 aliphatic rings. The van der Waals surface area contributed by atoms with E-state index in [0.29, 0.717) is 12.5 Å². The van der Waals surface area contributed by atoms with Crippen molar-refractivity contribution in [2.24, 2.45) is 11.0 Å². The fourth-order valence-electron chi connectivity index (χ4n) is 5.44. The number of nitrogens with one attached hydrogen (secondary N) is 1. The highest BCUT2D eigenvalue weighted by Gasteiger charge is 2.45. The van der Waals surface area contributed by atoms with Crippen molar-refractivity contribution in [3.05, 3.63) is 75.7 Å². The van der Waals surface area contributed by atoms with Gasteiger partial charge in [0.1, 0.15) is 16.5 Å². The standard InChI is InChI=1S/C30H32N6O3S3/c1-17(2)23-13-22-24(14-39-23)42-27-25(22)26-31-33-29(40-15-18-5-9-20(37-3)10-6-18)35(26)28-32-34-30(36(27)28)41-16-19-7-11-21(38-4)12-8-19/h5-12,17,23,26,31H,13-16H2,1-4H3/t23-,26?/m1/s1. The molecule has 5 heterocycles. The molecule has 2 atom stereocenters. The molecule has 1 unspecified atom stereocenters. The van der Waals surface area contributed by atoms with E-state index in [4.69, 9.17) is 29.5 Å². The molecule has 2 aromatic heterocycles. The minimum absolute atomic E-state index is 0.125. The van der Waals surface area contributed by atoms with Crippen molar-refractivity contribution < 1.29 is 14.2 Å². The molecule has 7 rings (SSSR count). The molecule has 2 aromatic carbocycles. The largest absolute Gasteiger partial charge is 0.497 e. The minimum atomic E-state index is -0.125. The molecule has 0 saturated carbocycles. The van der Waals surface area contributed by atoms with Gasteiger partial charge < -0.3 is 14.2 Å². The number of anilines is 1. The van der Waals surface area contributed by atoms with E-state index in [9.17, 15) is 0 Å². The van der Waals surface area contributed by atoms with E-state index in [-0.39, 0.29) is 12.3 Å². The Morgan fingerprint density at radius 3 is 2.29 bits per heavy atom. The summed E-state index contributed by atoms with van der Waals surface area (Å²) in [5.41, 5.74) is 8.51. The highest BCUT2D eigenvalue weighted by Crippen LogP contribution is 2.50. The summed E-state index contributed by atoms with van der Waals surface area (Å²) in [5, 5.41) is 17.2. The van der Waals surface area contributed by atoms with Crippen LogP contribution in [0.15, 0.2) is 58.8 Å². The van der Waals surface area contributed by atoms with Crippen molar-refractivity contribution in [2.75, 3.05) is 19.1 Å². The first-order valence-electron chi connectivity index (χ1n) is 13.9. The van der Waals surface area contributed by atoms with E-state index < -0.39 is 0 Å². The zero-order chi connectivity index (χ0) is 28.8. The summed E-state index contributed by atoms with van der Waals surface area (Å²) in [4.78, 5) is 3.50. The third kappa shape index (κ3) is 4.93. The van der Waals surface area contributed by atoms with Crippen LogP contribution in [-0.4, -0.2) is 40.3 Å². The molecule has 9 nitrogen and oxygen atoms in total. The maximum atomic E-state index is 6.28. The molecule has 0 radical (unpaired) electrons. The number of nitrogens with zero attached hydrogens (tertiary/aromatic N) is 5. The molecule has 0 aliphatic carbocycles. The van der Waals surface area contributed by atoms with Crippen LogP contribution in [0.2, 0.25) is 0 Å². The second-order valence-electron chi connectivity index (χ2n) is 10.7. The second-order valence-corrected chi connectivity index (χ2v) is 13.7. The van der Waals surface area contributed by atoms with Crippen molar-refractivity contribution >= 4 is 46.0 Å². The molecular weight excluding hydrogens is 589 g/mol. The Labute approximate surface area is 257 Å². The number of fused-ring (bicyclic) bond motifs is 8. The number of hydrogen-bond acceptors (Lipinski definition) is 11. The first-order chi connectivity index (χ1) is 20.5. The summed E-state index contributed by atoms with van der Waals surface area (Å²) in [6.07, 6.45) is 0.966. The first kappa shape index (κ1) is 27.6. The Hall–Kier alpha value is -3.19. The lowest BCUT2D eigenvalue weighted by Gasteiger charge is -2.33. The summed E-state index contributed by atoms with van der Waals surface area (Å²) in [5.74, 6) is 4.49. The monoisotopic (exact) mass is 620 g/mol. The van der Waals surface area contributed by atoms with Crippen molar-refractivity contribution in [3.8, 4) is 16.5 Å². The predicted octanol–water partition coefficient (Wildman–Crippen LogP) is 6.36. The molecule has 3 aliphatic heterocycles. The Morgan fingerprint density at radius 1 is 0.976 bits per heavy atom. The Bertz CT molecular complexity index is 1620. The number of hydrazone groups is 1. The van der Waals surface area contributed by atoms with E-state index in [1.165, 1.54) is 27.1 Å². The Morgan fingerprint density at radius 2 is 1.64 bits per heavy atom. The number of rotatable bonds is 8. The third-order valence-electron chi connectivity index (χ3n) is 7.80. The zero-order valence-corrected chi connectivity index (χ0v) is 26.3. The van der Waals surface area contributed by atoms with Crippen molar-refractivity contribution in [3.63, 3.8) is 0 Å². The molecule has 0 saturated heterocycles. The highest BCUT2D eigenvalue weighted by molar-refractivity contribution is 8.13. The molecule has 42 heavy (non-hydrogen) atoms. The second kappa shape index (κ2) is 11.5. The molecule has 0 amide bonds. The summed E-state index contributed by atoms with van der Waals surface area (Å²) >= 11 is 5.18. The van der Waals surface area contributed by atoms with Gasteiger partial charge >= 0.3 is 0 Å². The van der Waals surface area contributed by atoms with Gasteiger partial charge in [0.2, 0.25) is 5.95 Å². The van der Waals surface area contributed by atoms with E-state index in [0.717, 1.165) is 50.7 Å². The van der Waals surface area contributed by atoms with Crippen LogP contribution in [0.3, 0.4) is 0 Å². The van der Waals surface area contributed by atoms with Crippen LogP contribution < -0.4 is 19.8 Å². The lowest BCUT2D eigenvalue weighted by molar-refractivity contribution is 0.00135. The Balaban J connectivity index is 1.22. The fourth-order valence-corrected chi connectivity index (χ4v) is 8.59. The van der Waals surface area contributed by atoms with Gasteiger partial charge in [-0.25, -0.2) is 4.57 Å². The summed E-state index contributed by atoms with van der Waals surface area (Å²) < 4.78 is 19.2. The number of benzene rings is 2. The van der Waals surface area contributed by atoms with Gasteiger partial charge in [-0.05, 0) is 46.9 Å². The Kier molecular flexibility index (Phi) is 7.55. The molecular formula is C30H32N6O3S3. The SMILES string of the molecule is COc1ccc(CSC2=NNC3c4c(sc5c4C[C@H](C(C)C)OC5)-n4c(SCc5ccc(OC)cc5)nnc4N23)cc1. The predicted molar refractivity (Wildman–Crippen MR) is 169 cm³/mol. The van der Waals surface area contributed by atoms with Crippen LogP contribution in [0.1, 0.15) is 47.1 Å². The van der Waals surface area contributed by atoms with Gasteiger partial charge in [-0.1, -0.05) is 61.6 Å². The lowest BCUT2D eigenvalue weighted by Crippen LogP contribution is -2.38. The van der Waals surface area contributed by atoms with Gasteiger partial charge in [-0.15, -0.1) is 21.5 Å². The molecule has 1 N–H and O–H groups in total. The summed E-state index contributed by atoms with van der Waals surface area (Å²) in [6, 6.07) is 16.4. The number of thiophene rings is 1. The van der Waals surface area contributed by atoms with Gasteiger partial charge in [0, 0.05) is 28.4 Å². The smallest absolute Gasteiger partial charge is 0.241 e. The van der Waals surface area contributed by atoms with Crippen molar-refractivity contribution in [1.29, 1.82) is 0 Å². The lowest BCUT2D eigenvalue weighted by atomic mass is 9.93. The van der Waals surface area contributed by atoms with Crippen LogP contribution in [0.5, 0.6) is 11.5 Å². The molecule has 0 bridgehead atoms. The van der Waals surface area contributed by atoms with Gasteiger partial charge in [-0.3, -0.25) is 10.3 Å². The number of thioether (sulfide) groups is 2. The summed E-state index contributed by atoms with van der Waals surface area (Å²) in [7, 11) is 3.37. The average molecular weight is 621 g/mol. The maximum Gasteiger partial charge on any atom is 0.241 e. The van der Waals surface area contributed by atoms with Crippen LogP contribution in [0, 0.1) is 5.92 Å². The van der Waals surface area contributed by atoms with E-state index in [1.807, 2.05) is 24.3 Å². The number of ether oxygens (including phenoxy) is 3. The minimum Gasteiger partial charge on any atom is -0.497 e. The molecule has 0 spiro atoms. The average Bonchev–Trinajstić information content (AvgIpc) is 3.74. The molecule has 218 valence electrons. The van der Waals surface area contributed by atoms with Gasteiger partial charge in [0.15, 0.2) is 16.5 Å². The van der Waals surface area contributed by atoms with Crippen molar-refractivity contribution in [2.45, 2.75) is 55.8 Å². The van der Waals surface area contributed by atoms with E-state index in [2.05, 4.69) is 53.0 Å². The molecule has 0 fully saturated rings. The van der Waals surface area contributed by atoms with Gasteiger partial charge in [-0.2, -0.15) is 5.10 Å². The number of amidine groups is 1. The van der Waals surface area contributed by atoms with Crippen molar-refractivity contribution in [1.82, 2.24) is 20.2 Å². The van der Waals surface area contributed by atoms with Gasteiger partial charge in [0.05, 0.1) is 26.9 Å². The number of aromatic nitrogens is 3. The zero-order valence-electron chi connectivity index (χ0n) is 23.9. The quantitative estimate of drug-likeness (QED) is 0.226. The molecule has 12 heteroatoms. The van der Waals surface area contributed by atoms with Crippen LogP contribution >= 0.6 is 34.9 Å². The topological polar surface area (TPSA) is 86.0 Å². The third-order valence-corrected chi connectivity index (χ3v) is 11.0. The highest BCUT2D eigenvalue weighted by atomic mass is 32.2. The molecule has 4 aromatic rings. The number of methoxy groups -OCH3 is 2. The van der Waals surface area contributed by atoms with Crippen LogP contribution in [-0.2, 0) is 29.3 Å². The van der Waals surface area contributed by atoms with Crippen LogP contribution in [0.4, 0.5) is 5.95 Å². The maximum absolute atomic E-state index is 6.28. The van der Waals surface area contributed by atoms with Gasteiger partial charge in [0.25, 0.3) is 0 Å². The normalized spacial score (nSPS) is 18.6. The van der Waals surface area contributed by atoms with E-state index in [1.54, 1.807) is 49.1 Å². The first-order valence-corrected chi connectivity index (χ1v) is 16.7.